The van der Waals surface area contributed by atoms with Crippen molar-refractivity contribution in [3.05, 3.63) is 90.1 Å². The summed E-state index contributed by atoms with van der Waals surface area (Å²) in [6.45, 7) is 0. The van der Waals surface area contributed by atoms with Crippen molar-refractivity contribution in [2.24, 2.45) is 0 Å². The molecule has 5 rings (SSSR count). The Morgan fingerprint density at radius 2 is 1.67 bits per heavy atom. The number of nitrogens with zero attached hydrogens (tertiary/aromatic N) is 3. The minimum Gasteiger partial charge on any atom is -0.346 e. The lowest BCUT2D eigenvalue weighted by atomic mass is 10.1. The Bertz CT molecular complexity index is 1110. The van der Waals surface area contributed by atoms with Crippen LogP contribution in [0.25, 0.3) is 16.8 Å². The fourth-order valence-corrected chi connectivity index (χ4v) is 3.83. The predicted octanol–water partition coefficient (Wildman–Crippen LogP) is 3.29. The smallest absolute Gasteiger partial charge is 0.287 e. The molecule has 5 heteroatoms. The van der Waals surface area contributed by atoms with Gasteiger partial charge in [0, 0.05) is 30.2 Å². The minimum atomic E-state index is -0.144. The van der Waals surface area contributed by atoms with E-state index in [0.29, 0.717) is 5.82 Å². The average molecular weight is 354 g/mol. The van der Waals surface area contributed by atoms with E-state index in [1.807, 2.05) is 53.1 Å². The Morgan fingerprint density at radius 3 is 2.41 bits per heavy atom. The Kier molecular flexibility index (Phi) is 3.71. The Balaban J connectivity index is 1.48. The van der Waals surface area contributed by atoms with Crippen molar-refractivity contribution in [1.82, 2.24) is 19.7 Å². The van der Waals surface area contributed by atoms with Crippen molar-refractivity contribution < 1.29 is 4.79 Å². The maximum atomic E-state index is 13.0. The zero-order valence-corrected chi connectivity index (χ0v) is 14.7. The lowest BCUT2D eigenvalue weighted by Gasteiger charge is -2.11. The Morgan fingerprint density at radius 1 is 0.963 bits per heavy atom. The molecule has 1 N–H and O–H groups in total. The van der Waals surface area contributed by atoms with Gasteiger partial charge in [-0.15, -0.1) is 0 Å². The molecule has 5 nitrogen and oxygen atoms in total. The van der Waals surface area contributed by atoms with Crippen LogP contribution in [0.4, 0.5) is 0 Å². The second-order valence-corrected chi connectivity index (χ2v) is 6.82. The summed E-state index contributed by atoms with van der Waals surface area (Å²) in [5, 5.41) is 3.16. The van der Waals surface area contributed by atoms with E-state index < -0.39 is 0 Å². The molecule has 0 bridgehead atoms. The predicted molar refractivity (Wildman–Crippen MR) is 104 cm³/mol. The quantitative estimate of drug-likeness (QED) is 0.614. The first kappa shape index (κ1) is 15.8. The van der Waals surface area contributed by atoms with Crippen LogP contribution >= 0.6 is 0 Å². The number of nitrogens with one attached hydrogen (secondary N) is 1. The Labute approximate surface area is 156 Å². The summed E-state index contributed by atoms with van der Waals surface area (Å²) < 4.78 is 1.85. The molecule has 0 radical (unpaired) electrons. The molecule has 3 aromatic heterocycles. The molecule has 0 saturated carbocycles. The van der Waals surface area contributed by atoms with Gasteiger partial charge in [0.05, 0.1) is 11.2 Å². The van der Waals surface area contributed by atoms with Crippen LogP contribution in [0.1, 0.15) is 21.7 Å². The van der Waals surface area contributed by atoms with Gasteiger partial charge >= 0.3 is 0 Å². The normalized spacial score (nSPS) is 13.6. The van der Waals surface area contributed by atoms with Crippen LogP contribution in [0.15, 0.2) is 73.2 Å². The SMILES string of the molecule is O=C(NC1Cc2ccccc2C1)c1nc(-c2ccncc2)c2ccccn12. The third kappa shape index (κ3) is 2.77. The van der Waals surface area contributed by atoms with E-state index in [1.54, 1.807) is 12.4 Å². The van der Waals surface area contributed by atoms with Crippen molar-refractivity contribution in [1.29, 1.82) is 0 Å². The number of carbonyl (C=O) groups is 1. The zero-order valence-electron chi connectivity index (χ0n) is 14.7. The number of aromatic nitrogens is 3. The first-order valence-corrected chi connectivity index (χ1v) is 9.05. The minimum absolute atomic E-state index is 0.107. The second-order valence-electron chi connectivity index (χ2n) is 6.82. The molecule has 132 valence electrons. The highest BCUT2D eigenvalue weighted by atomic mass is 16.2. The van der Waals surface area contributed by atoms with Crippen molar-refractivity contribution in [2.75, 3.05) is 0 Å². The molecule has 1 amide bonds. The summed E-state index contributed by atoms with van der Waals surface area (Å²) in [5.74, 6) is 0.266. The lowest BCUT2D eigenvalue weighted by molar-refractivity contribution is 0.0927. The van der Waals surface area contributed by atoms with Gasteiger partial charge in [-0.3, -0.25) is 14.2 Å². The highest BCUT2D eigenvalue weighted by Gasteiger charge is 2.25. The summed E-state index contributed by atoms with van der Waals surface area (Å²) in [6, 6.07) is 18.1. The van der Waals surface area contributed by atoms with E-state index >= 15 is 0 Å². The molecule has 1 aliphatic carbocycles. The van der Waals surface area contributed by atoms with E-state index in [4.69, 9.17) is 0 Å². The monoisotopic (exact) mass is 354 g/mol. The molecular weight excluding hydrogens is 336 g/mol. The summed E-state index contributed by atoms with van der Waals surface area (Å²) in [4.78, 5) is 21.7. The molecular formula is C22H18N4O. The third-order valence-electron chi connectivity index (χ3n) is 5.09. The number of hydrogen-bond acceptors (Lipinski definition) is 3. The number of pyridine rings is 2. The molecule has 0 spiro atoms. The van der Waals surface area contributed by atoms with Gasteiger partial charge in [-0.05, 0) is 48.2 Å². The van der Waals surface area contributed by atoms with Crippen LogP contribution in [0.5, 0.6) is 0 Å². The number of carbonyl (C=O) groups excluding carboxylic acids is 1. The van der Waals surface area contributed by atoms with E-state index in [0.717, 1.165) is 29.6 Å². The second kappa shape index (κ2) is 6.36. The maximum absolute atomic E-state index is 13.0. The molecule has 1 aromatic carbocycles. The van der Waals surface area contributed by atoms with Gasteiger partial charge in [-0.2, -0.15) is 0 Å². The molecule has 27 heavy (non-hydrogen) atoms. The third-order valence-corrected chi connectivity index (χ3v) is 5.09. The van der Waals surface area contributed by atoms with Crippen LogP contribution in [-0.2, 0) is 12.8 Å². The number of amides is 1. The molecule has 0 saturated heterocycles. The van der Waals surface area contributed by atoms with Gasteiger partial charge in [-0.25, -0.2) is 4.98 Å². The van der Waals surface area contributed by atoms with Crippen LogP contribution in [0, 0.1) is 0 Å². The number of hydrogen-bond donors (Lipinski definition) is 1. The number of imidazole rings is 1. The van der Waals surface area contributed by atoms with Crippen LogP contribution in [-0.4, -0.2) is 26.3 Å². The largest absolute Gasteiger partial charge is 0.346 e. The molecule has 0 atom stereocenters. The summed E-state index contributed by atoms with van der Waals surface area (Å²) in [6.07, 6.45) is 7.08. The first-order valence-electron chi connectivity index (χ1n) is 9.05. The Hall–Kier alpha value is -3.47. The standard InChI is InChI=1S/C22H18N4O/c27-22(24-18-13-16-5-1-2-6-17(16)14-18)21-25-20(15-8-10-23-11-9-15)19-7-3-4-12-26(19)21/h1-12,18H,13-14H2,(H,24,27). The van der Waals surface area contributed by atoms with Crippen molar-refractivity contribution in [3.63, 3.8) is 0 Å². The van der Waals surface area contributed by atoms with Gasteiger partial charge in [0.25, 0.3) is 5.91 Å². The zero-order chi connectivity index (χ0) is 18.2. The van der Waals surface area contributed by atoms with Gasteiger partial charge in [-0.1, -0.05) is 30.3 Å². The number of rotatable bonds is 3. The van der Waals surface area contributed by atoms with E-state index in [-0.39, 0.29) is 11.9 Å². The fourth-order valence-electron chi connectivity index (χ4n) is 3.83. The maximum Gasteiger partial charge on any atom is 0.287 e. The van der Waals surface area contributed by atoms with Crippen molar-refractivity contribution in [2.45, 2.75) is 18.9 Å². The molecule has 0 unspecified atom stereocenters. The first-order chi connectivity index (χ1) is 13.3. The van der Waals surface area contributed by atoms with Crippen molar-refractivity contribution >= 4 is 11.4 Å². The molecule has 4 aromatic rings. The van der Waals surface area contributed by atoms with E-state index in [1.165, 1.54) is 11.1 Å². The topological polar surface area (TPSA) is 59.3 Å². The van der Waals surface area contributed by atoms with Gasteiger partial charge < -0.3 is 5.32 Å². The number of fused-ring (bicyclic) bond motifs is 2. The van der Waals surface area contributed by atoms with Crippen LogP contribution in [0.2, 0.25) is 0 Å². The summed E-state index contributed by atoms with van der Waals surface area (Å²) >= 11 is 0. The fraction of sp³-hybridized carbons (Fsp3) is 0.136. The highest BCUT2D eigenvalue weighted by molar-refractivity contribution is 5.94. The van der Waals surface area contributed by atoms with Gasteiger partial charge in [0.2, 0.25) is 5.82 Å². The van der Waals surface area contributed by atoms with Crippen LogP contribution in [0.3, 0.4) is 0 Å². The number of benzene rings is 1. The molecule has 1 aliphatic rings. The summed E-state index contributed by atoms with van der Waals surface area (Å²) in [5.41, 5.74) is 5.27. The van der Waals surface area contributed by atoms with Crippen LogP contribution < -0.4 is 5.32 Å². The molecule has 3 heterocycles. The van der Waals surface area contributed by atoms with E-state index in [9.17, 15) is 4.79 Å². The lowest BCUT2D eigenvalue weighted by Crippen LogP contribution is -2.36. The molecule has 0 aliphatic heterocycles. The average Bonchev–Trinajstić information content (AvgIpc) is 3.29. The highest BCUT2D eigenvalue weighted by Crippen LogP contribution is 2.25. The van der Waals surface area contributed by atoms with Gasteiger partial charge in [0.15, 0.2) is 0 Å². The van der Waals surface area contributed by atoms with Crippen molar-refractivity contribution in [3.8, 4) is 11.3 Å². The molecule has 0 fully saturated rings. The van der Waals surface area contributed by atoms with E-state index in [2.05, 4.69) is 27.4 Å². The van der Waals surface area contributed by atoms with Gasteiger partial charge in [0.1, 0.15) is 0 Å². The summed E-state index contributed by atoms with van der Waals surface area (Å²) in [7, 11) is 0.